The minimum Gasteiger partial charge on any atom is -0.356 e. The second-order valence-corrected chi connectivity index (χ2v) is 7.14. The van der Waals surface area contributed by atoms with Gasteiger partial charge in [-0.15, -0.1) is 12.4 Å². The van der Waals surface area contributed by atoms with Crippen LogP contribution >= 0.6 is 12.4 Å². The first-order valence-electron chi connectivity index (χ1n) is 7.80. The van der Waals surface area contributed by atoms with Gasteiger partial charge in [-0.3, -0.25) is 4.79 Å². The number of benzene rings is 1. The lowest BCUT2D eigenvalue weighted by Crippen LogP contribution is -2.28. The fourth-order valence-corrected chi connectivity index (χ4v) is 3.08. The Morgan fingerprint density at radius 3 is 2.42 bits per heavy atom. The van der Waals surface area contributed by atoms with Crippen molar-refractivity contribution in [2.24, 2.45) is 5.73 Å². The lowest BCUT2D eigenvalue weighted by molar-refractivity contribution is -0.137. The van der Waals surface area contributed by atoms with Crippen molar-refractivity contribution in [3.63, 3.8) is 0 Å². The van der Waals surface area contributed by atoms with Gasteiger partial charge < -0.3 is 11.1 Å². The van der Waals surface area contributed by atoms with Crippen LogP contribution in [0.25, 0.3) is 0 Å². The number of sulfonamides is 1. The summed E-state index contributed by atoms with van der Waals surface area (Å²) in [5.74, 6) is -0.213. The second-order valence-electron chi connectivity index (χ2n) is 5.37. The fraction of sp³-hybridized carbons (Fsp3) is 0.533. The Kier molecular flexibility index (Phi) is 10.8. The van der Waals surface area contributed by atoms with Gasteiger partial charge >= 0.3 is 6.18 Å². The summed E-state index contributed by atoms with van der Waals surface area (Å²) in [5, 5.41) is 2.67. The Bertz CT molecular complexity index is 670. The zero-order chi connectivity index (χ0) is 18.9. The van der Waals surface area contributed by atoms with Crippen molar-refractivity contribution in [2.45, 2.75) is 36.8 Å². The summed E-state index contributed by atoms with van der Waals surface area (Å²) < 4.78 is 64.1. The Labute approximate surface area is 157 Å². The maximum absolute atomic E-state index is 12.6. The van der Waals surface area contributed by atoms with E-state index < -0.39 is 26.7 Å². The van der Waals surface area contributed by atoms with Crippen molar-refractivity contribution in [3.8, 4) is 0 Å². The SMILES string of the molecule is Cl.NCCCCNC(=O)CCCNS(=O)(=O)c1cccc(C(F)(F)F)c1. The summed E-state index contributed by atoms with van der Waals surface area (Å²) in [6.07, 6.45) is -2.69. The number of carbonyl (C=O) groups is 1. The molecule has 1 amide bonds. The molecule has 0 saturated heterocycles. The van der Waals surface area contributed by atoms with E-state index in [1.54, 1.807) is 0 Å². The fourth-order valence-electron chi connectivity index (χ4n) is 1.96. The molecule has 0 aliphatic carbocycles. The van der Waals surface area contributed by atoms with Crippen LogP contribution in [0.2, 0.25) is 0 Å². The molecule has 0 spiro atoms. The van der Waals surface area contributed by atoms with Gasteiger partial charge in [0.2, 0.25) is 15.9 Å². The van der Waals surface area contributed by atoms with E-state index in [9.17, 15) is 26.4 Å². The summed E-state index contributed by atoms with van der Waals surface area (Å²) >= 11 is 0. The van der Waals surface area contributed by atoms with Crippen LogP contribution in [0.1, 0.15) is 31.2 Å². The minimum atomic E-state index is -4.62. The molecule has 1 aromatic carbocycles. The quantitative estimate of drug-likeness (QED) is 0.507. The molecule has 0 aromatic heterocycles. The number of amides is 1. The van der Waals surface area contributed by atoms with Crippen molar-refractivity contribution in [1.29, 1.82) is 0 Å². The number of alkyl halides is 3. The first-order valence-corrected chi connectivity index (χ1v) is 9.29. The zero-order valence-electron chi connectivity index (χ0n) is 14.0. The van der Waals surface area contributed by atoms with E-state index in [4.69, 9.17) is 5.73 Å². The number of hydrogen-bond donors (Lipinski definition) is 3. The second kappa shape index (κ2) is 11.4. The van der Waals surface area contributed by atoms with Gasteiger partial charge in [0.1, 0.15) is 0 Å². The molecule has 0 bridgehead atoms. The number of carbonyl (C=O) groups excluding carboxylic acids is 1. The molecule has 150 valence electrons. The highest BCUT2D eigenvalue weighted by Crippen LogP contribution is 2.30. The highest BCUT2D eigenvalue weighted by atomic mass is 35.5. The number of unbranched alkanes of at least 4 members (excludes halogenated alkanes) is 1. The number of rotatable bonds is 10. The van der Waals surface area contributed by atoms with Crippen molar-refractivity contribution in [1.82, 2.24) is 10.0 Å². The Hall–Kier alpha value is -1.36. The molecule has 1 rings (SSSR count). The Morgan fingerprint density at radius 1 is 1.12 bits per heavy atom. The number of nitrogens with two attached hydrogens (primary N) is 1. The molecule has 0 radical (unpaired) electrons. The highest BCUT2D eigenvalue weighted by Gasteiger charge is 2.31. The normalized spacial score (nSPS) is 11.7. The van der Waals surface area contributed by atoms with Gasteiger partial charge in [0.05, 0.1) is 10.5 Å². The van der Waals surface area contributed by atoms with Crippen molar-refractivity contribution < 1.29 is 26.4 Å². The van der Waals surface area contributed by atoms with Gasteiger partial charge in [0.15, 0.2) is 0 Å². The monoisotopic (exact) mass is 417 g/mol. The van der Waals surface area contributed by atoms with Gasteiger partial charge in [-0.05, 0) is 44.0 Å². The van der Waals surface area contributed by atoms with Gasteiger partial charge in [-0.25, -0.2) is 13.1 Å². The molecular weight excluding hydrogens is 395 g/mol. The van der Waals surface area contributed by atoms with Gasteiger partial charge in [-0.2, -0.15) is 13.2 Å². The van der Waals surface area contributed by atoms with E-state index in [1.807, 2.05) is 0 Å². The summed E-state index contributed by atoms with van der Waals surface area (Å²) in [6, 6.07) is 3.49. The van der Waals surface area contributed by atoms with Gasteiger partial charge in [0.25, 0.3) is 0 Å². The smallest absolute Gasteiger partial charge is 0.356 e. The van der Waals surface area contributed by atoms with Gasteiger partial charge in [0, 0.05) is 19.5 Å². The molecule has 6 nitrogen and oxygen atoms in total. The molecule has 0 unspecified atom stereocenters. The molecule has 4 N–H and O–H groups in total. The predicted molar refractivity (Wildman–Crippen MR) is 94.4 cm³/mol. The maximum atomic E-state index is 12.6. The lowest BCUT2D eigenvalue weighted by atomic mass is 10.2. The third-order valence-electron chi connectivity index (χ3n) is 3.30. The molecular formula is C15H23ClF3N3O3S. The first-order chi connectivity index (χ1) is 11.7. The molecule has 0 heterocycles. The zero-order valence-corrected chi connectivity index (χ0v) is 15.6. The first kappa shape index (κ1) is 24.6. The molecule has 26 heavy (non-hydrogen) atoms. The summed E-state index contributed by atoms with van der Waals surface area (Å²) in [5.41, 5.74) is 4.29. The van der Waals surface area contributed by atoms with E-state index >= 15 is 0 Å². The Morgan fingerprint density at radius 2 is 1.81 bits per heavy atom. The van der Waals surface area contributed by atoms with Crippen LogP contribution in [0.5, 0.6) is 0 Å². The van der Waals surface area contributed by atoms with Crippen LogP contribution in [-0.2, 0) is 21.0 Å². The van der Waals surface area contributed by atoms with E-state index in [0.29, 0.717) is 19.2 Å². The predicted octanol–water partition coefficient (Wildman–Crippen LogP) is 2.04. The minimum absolute atomic E-state index is 0. The molecule has 0 atom stereocenters. The van der Waals surface area contributed by atoms with Crippen molar-refractivity contribution >= 4 is 28.3 Å². The van der Waals surface area contributed by atoms with E-state index in [1.165, 1.54) is 0 Å². The molecule has 0 aliphatic rings. The number of hydrogen-bond acceptors (Lipinski definition) is 4. The highest BCUT2D eigenvalue weighted by molar-refractivity contribution is 7.89. The van der Waals surface area contributed by atoms with Crippen molar-refractivity contribution in [3.05, 3.63) is 29.8 Å². The van der Waals surface area contributed by atoms with Crippen LogP contribution in [0, 0.1) is 0 Å². The summed E-state index contributed by atoms with van der Waals surface area (Å²) in [7, 11) is -4.06. The van der Waals surface area contributed by atoms with Crippen molar-refractivity contribution in [2.75, 3.05) is 19.6 Å². The van der Waals surface area contributed by atoms with Crippen LogP contribution in [0.4, 0.5) is 13.2 Å². The Balaban J connectivity index is 0.00000625. The molecule has 11 heteroatoms. The number of halogens is 4. The molecule has 0 fully saturated rings. The molecule has 0 saturated carbocycles. The number of nitrogens with one attached hydrogen (secondary N) is 2. The largest absolute Gasteiger partial charge is 0.416 e. The average Bonchev–Trinajstić information content (AvgIpc) is 2.55. The summed E-state index contributed by atoms with van der Waals surface area (Å²) in [4.78, 5) is 11.0. The van der Waals surface area contributed by atoms with Crippen LogP contribution < -0.4 is 15.8 Å². The van der Waals surface area contributed by atoms with E-state index in [-0.39, 0.29) is 37.7 Å². The molecule has 1 aromatic rings. The molecule has 0 aliphatic heterocycles. The maximum Gasteiger partial charge on any atom is 0.416 e. The van der Waals surface area contributed by atoms with Crippen LogP contribution in [0.3, 0.4) is 0 Å². The van der Waals surface area contributed by atoms with Crippen LogP contribution in [-0.4, -0.2) is 34.0 Å². The van der Waals surface area contributed by atoms with Gasteiger partial charge in [-0.1, -0.05) is 6.07 Å². The summed E-state index contributed by atoms with van der Waals surface area (Å²) in [6.45, 7) is 1.01. The third kappa shape index (κ3) is 8.84. The lowest BCUT2D eigenvalue weighted by Gasteiger charge is -2.10. The standard InChI is InChI=1S/C15H22F3N3O3S.ClH/c16-15(17,18)12-5-3-6-13(11-12)25(23,24)21-10-4-7-14(22)20-9-2-1-8-19;/h3,5-6,11,21H,1-2,4,7-10,19H2,(H,20,22);1H. The third-order valence-corrected chi connectivity index (χ3v) is 4.76. The van der Waals surface area contributed by atoms with E-state index in [0.717, 1.165) is 31.0 Å². The van der Waals surface area contributed by atoms with Crippen LogP contribution in [0.15, 0.2) is 29.2 Å². The van der Waals surface area contributed by atoms with E-state index in [2.05, 4.69) is 10.0 Å². The topological polar surface area (TPSA) is 101 Å². The average molecular weight is 418 g/mol.